The number of hydrogen-bond acceptors (Lipinski definition) is 3. The normalized spacial score (nSPS) is 12.1. The zero-order valence-electron chi connectivity index (χ0n) is 9.94. The number of nitrogens with zero attached hydrogens (tertiary/aromatic N) is 1. The van der Waals surface area contributed by atoms with Crippen molar-refractivity contribution in [2.24, 2.45) is 0 Å². The van der Waals surface area contributed by atoms with Crippen molar-refractivity contribution in [1.82, 2.24) is 4.31 Å². The molecule has 1 aromatic carbocycles. The molecule has 0 aliphatic heterocycles. The van der Waals surface area contributed by atoms with Crippen LogP contribution in [0.5, 0.6) is 0 Å². The zero-order chi connectivity index (χ0) is 13.2. The molecule has 5 nitrogen and oxygen atoms in total. The third-order valence-corrected chi connectivity index (χ3v) is 3.99. The predicted octanol–water partition coefficient (Wildman–Crippen LogP) is 1.40. The van der Waals surface area contributed by atoms with Gasteiger partial charge in [-0.25, -0.2) is 4.39 Å². The Balaban J connectivity index is 3.02. The van der Waals surface area contributed by atoms with Crippen LogP contribution in [0.2, 0.25) is 0 Å². The third kappa shape index (κ3) is 3.31. The highest BCUT2D eigenvalue weighted by Gasteiger charge is 2.21. The molecular weight excluding hydrogens is 245 g/mol. The molecule has 0 bridgehead atoms. The lowest BCUT2D eigenvalue weighted by Crippen LogP contribution is -2.37. The Morgan fingerprint density at radius 1 is 1.41 bits per heavy atom. The van der Waals surface area contributed by atoms with Crippen molar-refractivity contribution in [3.63, 3.8) is 0 Å². The van der Waals surface area contributed by atoms with E-state index in [0.717, 1.165) is 10.4 Å². The zero-order valence-corrected chi connectivity index (χ0v) is 10.8. The van der Waals surface area contributed by atoms with E-state index in [0.29, 0.717) is 0 Å². The number of nitrogen functional groups attached to an aromatic ring is 1. The van der Waals surface area contributed by atoms with Gasteiger partial charge in [0, 0.05) is 18.8 Å². The Hall–Kier alpha value is -1.34. The van der Waals surface area contributed by atoms with Gasteiger partial charge in [-0.1, -0.05) is 0 Å². The van der Waals surface area contributed by atoms with Crippen LogP contribution in [0.25, 0.3) is 0 Å². The number of nitrogens with one attached hydrogen (secondary N) is 1. The summed E-state index contributed by atoms with van der Waals surface area (Å²) in [5.74, 6) is -0.667. The standard InChI is InChI=1S/C10H16FN3O2S/c1-7(2)14(3)17(15,16)13-10-6-8(12)4-5-9(10)11/h4-7,13H,12H2,1-3H3. The molecule has 0 aromatic heterocycles. The molecule has 0 unspecified atom stereocenters. The van der Waals surface area contributed by atoms with Crippen LogP contribution in [0, 0.1) is 5.82 Å². The van der Waals surface area contributed by atoms with Crippen LogP contribution >= 0.6 is 0 Å². The van der Waals surface area contributed by atoms with Crippen molar-refractivity contribution in [2.45, 2.75) is 19.9 Å². The topological polar surface area (TPSA) is 75.4 Å². The van der Waals surface area contributed by atoms with E-state index >= 15 is 0 Å². The molecule has 7 heteroatoms. The first-order valence-electron chi connectivity index (χ1n) is 5.05. The van der Waals surface area contributed by atoms with Crippen LogP contribution in [0.4, 0.5) is 15.8 Å². The molecule has 3 N–H and O–H groups in total. The van der Waals surface area contributed by atoms with Crippen LogP contribution < -0.4 is 10.5 Å². The van der Waals surface area contributed by atoms with Gasteiger partial charge in [-0.2, -0.15) is 12.7 Å². The lowest BCUT2D eigenvalue weighted by molar-refractivity contribution is 0.414. The molecule has 1 rings (SSSR count). The smallest absolute Gasteiger partial charge is 0.301 e. The number of benzene rings is 1. The molecule has 0 aliphatic carbocycles. The number of anilines is 2. The first-order chi connectivity index (χ1) is 7.74. The van der Waals surface area contributed by atoms with E-state index in [2.05, 4.69) is 4.72 Å². The third-order valence-electron chi connectivity index (χ3n) is 2.34. The Kier molecular flexibility index (Phi) is 3.94. The molecular formula is C10H16FN3O2S. The Labute approximate surface area is 101 Å². The number of halogens is 1. The van der Waals surface area contributed by atoms with Crippen LogP contribution in [-0.2, 0) is 10.2 Å². The van der Waals surface area contributed by atoms with Crippen LogP contribution in [0.1, 0.15) is 13.8 Å². The summed E-state index contributed by atoms with van der Waals surface area (Å²) >= 11 is 0. The summed E-state index contributed by atoms with van der Waals surface area (Å²) in [6.07, 6.45) is 0. The van der Waals surface area contributed by atoms with Gasteiger partial charge in [-0.05, 0) is 32.0 Å². The SMILES string of the molecule is CC(C)N(C)S(=O)(=O)Nc1cc(N)ccc1F. The highest BCUT2D eigenvalue weighted by Crippen LogP contribution is 2.19. The van der Waals surface area contributed by atoms with Crippen molar-refractivity contribution >= 4 is 21.6 Å². The second-order valence-electron chi connectivity index (χ2n) is 3.96. The minimum Gasteiger partial charge on any atom is -0.399 e. The summed E-state index contributed by atoms with van der Waals surface area (Å²) < 4.78 is 40.2. The van der Waals surface area contributed by atoms with Gasteiger partial charge in [0.1, 0.15) is 5.82 Å². The number of rotatable bonds is 4. The van der Waals surface area contributed by atoms with Gasteiger partial charge >= 0.3 is 10.2 Å². The molecule has 0 amide bonds. The van der Waals surface area contributed by atoms with Crippen molar-refractivity contribution in [2.75, 3.05) is 17.5 Å². The minimum absolute atomic E-state index is 0.155. The lowest BCUT2D eigenvalue weighted by Gasteiger charge is -2.21. The highest BCUT2D eigenvalue weighted by atomic mass is 32.2. The number of hydrogen-bond donors (Lipinski definition) is 2. The van der Waals surface area contributed by atoms with Gasteiger partial charge in [-0.3, -0.25) is 4.72 Å². The first-order valence-corrected chi connectivity index (χ1v) is 6.49. The summed E-state index contributed by atoms with van der Waals surface area (Å²) in [6.45, 7) is 3.43. The molecule has 0 spiro atoms. The Morgan fingerprint density at radius 2 is 2.00 bits per heavy atom. The second-order valence-corrected chi connectivity index (χ2v) is 5.69. The molecule has 96 valence electrons. The maximum Gasteiger partial charge on any atom is 0.301 e. The van der Waals surface area contributed by atoms with Gasteiger partial charge in [0.15, 0.2) is 0 Å². The Bertz CT molecular complexity index is 502. The average Bonchev–Trinajstić information content (AvgIpc) is 2.21. The molecule has 0 saturated heterocycles. The van der Waals surface area contributed by atoms with Gasteiger partial charge < -0.3 is 5.73 Å². The summed E-state index contributed by atoms with van der Waals surface area (Å²) in [7, 11) is -2.35. The van der Waals surface area contributed by atoms with E-state index in [4.69, 9.17) is 5.73 Å². The fraction of sp³-hybridized carbons (Fsp3) is 0.400. The summed E-state index contributed by atoms with van der Waals surface area (Å²) in [5, 5.41) is 0. The van der Waals surface area contributed by atoms with E-state index in [-0.39, 0.29) is 17.4 Å². The van der Waals surface area contributed by atoms with Crippen LogP contribution in [0.15, 0.2) is 18.2 Å². The van der Waals surface area contributed by atoms with Crippen molar-refractivity contribution in [3.8, 4) is 0 Å². The molecule has 0 radical (unpaired) electrons. The van der Waals surface area contributed by atoms with Crippen molar-refractivity contribution in [1.29, 1.82) is 0 Å². The highest BCUT2D eigenvalue weighted by molar-refractivity contribution is 7.90. The minimum atomic E-state index is -3.76. The van der Waals surface area contributed by atoms with Gasteiger partial charge in [-0.15, -0.1) is 0 Å². The monoisotopic (exact) mass is 261 g/mol. The Morgan fingerprint density at radius 3 is 2.53 bits per heavy atom. The summed E-state index contributed by atoms with van der Waals surface area (Å²) in [5.41, 5.74) is 5.60. The van der Waals surface area contributed by atoms with Crippen molar-refractivity contribution in [3.05, 3.63) is 24.0 Å². The summed E-state index contributed by atoms with van der Waals surface area (Å²) in [6, 6.07) is 3.49. The quantitative estimate of drug-likeness (QED) is 0.804. The van der Waals surface area contributed by atoms with E-state index < -0.39 is 16.0 Å². The molecule has 0 heterocycles. The van der Waals surface area contributed by atoms with E-state index in [9.17, 15) is 12.8 Å². The summed E-state index contributed by atoms with van der Waals surface area (Å²) in [4.78, 5) is 0. The van der Waals surface area contributed by atoms with Crippen molar-refractivity contribution < 1.29 is 12.8 Å². The maximum atomic E-state index is 13.4. The molecule has 1 aromatic rings. The van der Waals surface area contributed by atoms with E-state index in [1.54, 1.807) is 13.8 Å². The van der Waals surface area contributed by atoms with Crippen LogP contribution in [-0.4, -0.2) is 25.8 Å². The fourth-order valence-electron chi connectivity index (χ4n) is 1.11. The molecule has 0 atom stereocenters. The van der Waals surface area contributed by atoms with Gasteiger partial charge in [0.05, 0.1) is 5.69 Å². The largest absolute Gasteiger partial charge is 0.399 e. The van der Waals surface area contributed by atoms with Gasteiger partial charge in [0.25, 0.3) is 0 Å². The second kappa shape index (κ2) is 4.89. The molecule has 0 aliphatic rings. The van der Waals surface area contributed by atoms with Gasteiger partial charge in [0.2, 0.25) is 0 Å². The maximum absolute atomic E-state index is 13.4. The lowest BCUT2D eigenvalue weighted by atomic mass is 10.3. The number of nitrogens with two attached hydrogens (primary N) is 1. The van der Waals surface area contributed by atoms with E-state index in [1.165, 1.54) is 19.2 Å². The molecule has 0 saturated carbocycles. The van der Waals surface area contributed by atoms with E-state index in [1.807, 2.05) is 0 Å². The molecule has 17 heavy (non-hydrogen) atoms. The fourth-order valence-corrected chi connectivity index (χ4v) is 2.24. The first kappa shape index (κ1) is 13.7. The molecule has 0 fully saturated rings. The van der Waals surface area contributed by atoms with Crippen LogP contribution in [0.3, 0.4) is 0 Å². The average molecular weight is 261 g/mol. The predicted molar refractivity (Wildman–Crippen MR) is 66.3 cm³/mol.